The molecule has 0 saturated heterocycles. The van der Waals surface area contributed by atoms with Crippen LogP contribution in [0.15, 0.2) is 48.5 Å². The Kier molecular flexibility index (Phi) is 4.52. The fourth-order valence-electron chi connectivity index (χ4n) is 2.36. The first-order chi connectivity index (χ1) is 11.5. The number of aryl methyl sites for hydroxylation is 1. The van der Waals surface area contributed by atoms with E-state index >= 15 is 0 Å². The molecule has 3 aromatic rings. The summed E-state index contributed by atoms with van der Waals surface area (Å²) < 4.78 is 15.5. The molecule has 0 atom stereocenters. The number of nitrogens with zero attached hydrogens (tertiary/aromatic N) is 2. The number of para-hydroxylation sites is 1. The zero-order valence-corrected chi connectivity index (χ0v) is 13.7. The van der Waals surface area contributed by atoms with Crippen LogP contribution < -0.4 is 5.32 Å². The number of aromatic nitrogens is 3. The van der Waals surface area contributed by atoms with Gasteiger partial charge in [-0.05, 0) is 37.3 Å². The number of nitrogens with one attached hydrogen (secondary N) is 2. The molecule has 3 rings (SSSR count). The van der Waals surface area contributed by atoms with Gasteiger partial charge in [0.15, 0.2) is 10.6 Å². The molecular formula is C17H15FN4OS. The number of halogens is 1. The molecule has 7 heteroatoms. The van der Waals surface area contributed by atoms with E-state index in [2.05, 4.69) is 15.5 Å². The van der Waals surface area contributed by atoms with Gasteiger partial charge in [0.25, 0.3) is 0 Å². The van der Waals surface area contributed by atoms with Crippen LogP contribution in [0.5, 0.6) is 0 Å². The Hall–Kier alpha value is -2.80. The van der Waals surface area contributed by atoms with Crippen LogP contribution in [0.3, 0.4) is 0 Å². The van der Waals surface area contributed by atoms with Crippen molar-refractivity contribution >= 4 is 23.8 Å². The van der Waals surface area contributed by atoms with Crippen LogP contribution in [-0.4, -0.2) is 20.7 Å². The molecule has 24 heavy (non-hydrogen) atoms. The van der Waals surface area contributed by atoms with Crippen LogP contribution in [0.2, 0.25) is 0 Å². The van der Waals surface area contributed by atoms with Gasteiger partial charge in [-0.15, -0.1) is 0 Å². The molecule has 0 aliphatic heterocycles. The van der Waals surface area contributed by atoms with Crippen LogP contribution in [0.25, 0.3) is 11.4 Å². The van der Waals surface area contributed by atoms with Gasteiger partial charge in [-0.1, -0.05) is 35.9 Å². The lowest BCUT2D eigenvalue weighted by Gasteiger charge is -2.09. The van der Waals surface area contributed by atoms with Gasteiger partial charge < -0.3 is 5.32 Å². The SMILES string of the molecule is Cc1cccc(-c2n[nH]c(=S)n2CC(=O)Nc2ccccc2F)c1. The number of aromatic amines is 1. The molecule has 1 heterocycles. The van der Waals surface area contributed by atoms with Crippen molar-refractivity contribution in [1.29, 1.82) is 0 Å². The summed E-state index contributed by atoms with van der Waals surface area (Å²) in [7, 11) is 0. The van der Waals surface area contributed by atoms with Crippen molar-refractivity contribution < 1.29 is 9.18 Å². The van der Waals surface area contributed by atoms with E-state index in [-0.39, 0.29) is 18.1 Å². The quantitative estimate of drug-likeness (QED) is 0.711. The van der Waals surface area contributed by atoms with Crippen molar-refractivity contribution in [3.63, 3.8) is 0 Å². The molecule has 2 aromatic carbocycles. The van der Waals surface area contributed by atoms with Crippen LogP contribution in [-0.2, 0) is 11.3 Å². The molecule has 1 amide bonds. The summed E-state index contributed by atoms with van der Waals surface area (Å²) in [5.41, 5.74) is 2.06. The number of anilines is 1. The fourth-order valence-corrected chi connectivity index (χ4v) is 2.56. The van der Waals surface area contributed by atoms with Gasteiger partial charge in [0.05, 0.1) is 5.69 Å². The number of carbonyl (C=O) groups excluding carboxylic acids is 1. The van der Waals surface area contributed by atoms with Gasteiger partial charge >= 0.3 is 0 Å². The minimum absolute atomic E-state index is 0.0626. The summed E-state index contributed by atoms with van der Waals surface area (Å²) in [4.78, 5) is 12.2. The summed E-state index contributed by atoms with van der Waals surface area (Å²) in [5, 5.41) is 9.44. The summed E-state index contributed by atoms with van der Waals surface area (Å²) in [6.07, 6.45) is 0. The Morgan fingerprint density at radius 2 is 2.08 bits per heavy atom. The third-order valence-corrected chi connectivity index (χ3v) is 3.80. The number of H-pyrrole nitrogens is 1. The highest BCUT2D eigenvalue weighted by molar-refractivity contribution is 7.71. The van der Waals surface area contributed by atoms with E-state index in [0.717, 1.165) is 11.1 Å². The van der Waals surface area contributed by atoms with Gasteiger partial charge in [-0.3, -0.25) is 14.5 Å². The third-order valence-electron chi connectivity index (χ3n) is 3.48. The Morgan fingerprint density at radius 1 is 1.29 bits per heavy atom. The van der Waals surface area contributed by atoms with Crippen LogP contribution >= 0.6 is 12.2 Å². The number of rotatable bonds is 4. The maximum absolute atomic E-state index is 13.6. The average Bonchev–Trinajstić information content (AvgIpc) is 2.91. The summed E-state index contributed by atoms with van der Waals surface area (Å²) in [6, 6.07) is 13.7. The maximum Gasteiger partial charge on any atom is 0.244 e. The molecule has 0 bridgehead atoms. The first-order valence-electron chi connectivity index (χ1n) is 7.31. The van der Waals surface area contributed by atoms with Crippen molar-refractivity contribution in [3.8, 4) is 11.4 Å². The summed E-state index contributed by atoms with van der Waals surface area (Å²) >= 11 is 5.21. The third kappa shape index (κ3) is 3.41. The molecule has 0 radical (unpaired) electrons. The van der Waals surface area contributed by atoms with Crippen LogP contribution in [0, 0.1) is 17.5 Å². The van der Waals surface area contributed by atoms with E-state index in [1.54, 1.807) is 16.7 Å². The van der Waals surface area contributed by atoms with Gasteiger partial charge in [0.1, 0.15) is 12.4 Å². The monoisotopic (exact) mass is 342 g/mol. The van der Waals surface area contributed by atoms with E-state index in [9.17, 15) is 9.18 Å². The molecule has 0 aliphatic rings. The van der Waals surface area contributed by atoms with Crippen LogP contribution in [0.4, 0.5) is 10.1 Å². The largest absolute Gasteiger partial charge is 0.322 e. The Balaban J connectivity index is 1.86. The fraction of sp³-hybridized carbons (Fsp3) is 0.118. The lowest BCUT2D eigenvalue weighted by Crippen LogP contribution is -2.20. The van der Waals surface area contributed by atoms with Gasteiger partial charge in [-0.25, -0.2) is 4.39 Å². The summed E-state index contributed by atoms with van der Waals surface area (Å²) in [5.74, 6) is -0.306. The highest BCUT2D eigenvalue weighted by atomic mass is 32.1. The van der Waals surface area contributed by atoms with Gasteiger partial charge in [-0.2, -0.15) is 5.10 Å². The van der Waals surface area contributed by atoms with Crippen molar-refractivity contribution in [2.45, 2.75) is 13.5 Å². The average molecular weight is 342 g/mol. The van der Waals surface area contributed by atoms with Crippen molar-refractivity contribution in [2.75, 3.05) is 5.32 Å². The minimum Gasteiger partial charge on any atom is -0.322 e. The van der Waals surface area contributed by atoms with E-state index < -0.39 is 5.82 Å². The molecule has 0 fully saturated rings. The first-order valence-corrected chi connectivity index (χ1v) is 7.72. The Morgan fingerprint density at radius 3 is 2.83 bits per heavy atom. The molecule has 0 saturated carbocycles. The zero-order chi connectivity index (χ0) is 17.1. The number of hydrogen-bond donors (Lipinski definition) is 2. The topological polar surface area (TPSA) is 62.7 Å². The number of benzene rings is 2. The zero-order valence-electron chi connectivity index (χ0n) is 12.9. The second-order valence-corrected chi connectivity index (χ2v) is 5.72. The molecule has 5 nitrogen and oxygen atoms in total. The summed E-state index contributed by atoms with van der Waals surface area (Å²) in [6.45, 7) is 1.91. The number of hydrogen-bond acceptors (Lipinski definition) is 3. The van der Waals surface area contributed by atoms with Gasteiger partial charge in [0, 0.05) is 5.56 Å². The van der Waals surface area contributed by atoms with Crippen molar-refractivity contribution in [3.05, 3.63) is 64.7 Å². The highest BCUT2D eigenvalue weighted by Crippen LogP contribution is 2.19. The first kappa shape index (κ1) is 16.1. The molecule has 0 spiro atoms. The second kappa shape index (κ2) is 6.76. The van der Waals surface area contributed by atoms with E-state index in [1.807, 2.05) is 31.2 Å². The molecule has 0 aliphatic carbocycles. The van der Waals surface area contributed by atoms with Crippen molar-refractivity contribution in [2.24, 2.45) is 0 Å². The van der Waals surface area contributed by atoms with E-state index in [0.29, 0.717) is 10.6 Å². The molecule has 1 aromatic heterocycles. The van der Waals surface area contributed by atoms with Crippen LogP contribution in [0.1, 0.15) is 5.56 Å². The van der Waals surface area contributed by atoms with Gasteiger partial charge in [0.2, 0.25) is 5.91 Å². The number of carbonyl (C=O) groups is 1. The lowest BCUT2D eigenvalue weighted by molar-refractivity contribution is -0.116. The van der Waals surface area contributed by atoms with E-state index in [1.165, 1.54) is 12.1 Å². The standard InChI is InChI=1S/C17H15FN4OS/c1-11-5-4-6-12(9-11)16-20-21-17(24)22(16)10-15(23)19-14-8-3-2-7-13(14)18/h2-9H,10H2,1H3,(H,19,23)(H,21,24). The minimum atomic E-state index is -0.486. The maximum atomic E-state index is 13.6. The molecular weight excluding hydrogens is 327 g/mol. The predicted molar refractivity (Wildman–Crippen MR) is 92.6 cm³/mol. The molecule has 2 N–H and O–H groups in total. The molecule has 122 valence electrons. The second-order valence-electron chi connectivity index (χ2n) is 5.34. The molecule has 0 unspecified atom stereocenters. The Labute approximate surface area is 143 Å². The van der Waals surface area contributed by atoms with E-state index in [4.69, 9.17) is 12.2 Å². The Bertz CT molecular complexity index is 948. The van der Waals surface area contributed by atoms with Crippen molar-refractivity contribution in [1.82, 2.24) is 14.8 Å². The smallest absolute Gasteiger partial charge is 0.244 e. The lowest BCUT2D eigenvalue weighted by atomic mass is 10.1. The number of amides is 1. The predicted octanol–water partition coefficient (Wildman–Crippen LogP) is 3.69. The normalized spacial score (nSPS) is 10.6. The highest BCUT2D eigenvalue weighted by Gasteiger charge is 2.13.